The van der Waals surface area contributed by atoms with Crippen LogP contribution in [0.2, 0.25) is 0 Å². The summed E-state index contributed by atoms with van der Waals surface area (Å²) in [7, 11) is 2.60. The van der Waals surface area contributed by atoms with Crippen LogP contribution in [0.4, 0.5) is 0 Å². The minimum Gasteiger partial charge on any atom is -0.478 e. The number of methoxy groups -OCH3 is 1. The maximum absolute atomic E-state index is 11.0. The summed E-state index contributed by atoms with van der Waals surface area (Å²) in [5, 5.41) is 8.89. The van der Waals surface area contributed by atoms with Gasteiger partial charge in [-0.1, -0.05) is 6.07 Å². The molecular weight excluding hydrogens is 256 g/mol. The standard InChI is InChI=1S/C9H9ClO5S/c1-15-5-6-2-3-7(16(10,13)14)4-8(6)9(11)12/h2-4H,5H2,1H3,(H,11,12). The minimum atomic E-state index is -3.92. The highest BCUT2D eigenvalue weighted by Gasteiger charge is 2.16. The maximum atomic E-state index is 11.0. The lowest BCUT2D eigenvalue weighted by atomic mass is 10.1. The molecule has 1 N–H and O–H groups in total. The summed E-state index contributed by atoms with van der Waals surface area (Å²) in [5.41, 5.74) is 0.252. The van der Waals surface area contributed by atoms with Gasteiger partial charge in [0.25, 0.3) is 9.05 Å². The van der Waals surface area contributed by atoms with E-state index in [1.807, 2.05) is 0 Å². The summed E-state index contributed by atoms with van der Waals surface area (Å²) in [6, 6.07) is 3.62. The molecule has 0 aliphatic carbocycles. The topological polar surface area (TPSA) is 80.7 Å². The Labute approximate surface area is 97.0 Å². The van der Waals surface area contributed by atoms with Crippen LogP contribution in [0.15, 0.2) is 23.1 Å². The Morgan fingerprint density at radius 3 is 2.56 bits per heavy atom. The fraction of sp³-hybridized carbons (Fsp3) is 0.222. The van der Waals surface area contributed by atoms with Crippen molar-refractivity contribution in [2.45, 2.75) is 11.5 Å². The normalized spacial score (nSPS) is 11.4. The number of hydrogen-bond acceptors (Lipinski definition) is 4. The van der Waals surface area contributed by atoms with Crippen molar-refractivity contribution in [2.75, 3.05) is 7.11 Å². The number of rotatable bonds is 4. The Bertz CT molecular complexity index is 509. The van der Waals surface area contributed by atoms with Crippen molar-refractivity contribution in [3.05, 3.63) is 29.3 Å². The number of hydrogen-bond donors (Lipinski definition) is 1. The van der Waals surface area contributed by atoms with Gasteiger partial charge in [0.05, 0.1) is 17.1 Å². The first kappa shape index (κ1) is 13.0. The summed E-state index contributed by atoms with van der Waals surface area (Å²) in [5.74, 6) is -1.23. The smallest absolute Gasteiger partial charge is 0.336 e. The van der Waals surface area contributed by atoms with E-state index in [0.29, 0.717) is 5.56 Å². The number of carbonyl (C=O) groups is 1. The molecule has 0 saturated carbocycles. The lowest BCUT2D eigenvalue weighted by molar-refractivity contribution is 0.0691. The van der Waals surface area contributed by atoms with Gasteiger partial charge in [0.15, 0.2) is 0 Å². The monoisotopic (exact) mass is 264 g/mol. The Morgan fingerprint density at radius 1 is 1.50 bits per heavy atom. The molecule has 0 fully saturated rings. The Morgan fingerprint density at radius 2 is 2.12 bits per heavy atom. The number of carboxylic acids is 1. The molecule has 0 unspecified atom stereocenters. The molecule has 1 aromatic carbocycles. The molecule has 7 heteroatoms. The number of aromatic carboxylic acids is 1. The van der Waals surface area contributed by atoms with E-state index < -0.39 is 15.0 Å². The first-order valence-corrected chi connectivity index (χ1v) is 6.47. The molecule has 5 nitrogen and oxygen atoms in total. The summed E-state index contributed by atoms with van der Waals surface area (Å²) < 4.78 is 26.8. The van der Waals surface area contributed by atoms with E-state index in [1.54, 1.807) is 0 Å². The second-order valence-corrected chi connectivity index (χ2v) is 5.56. The van der Waals surface area contributed by atoms with Gasteiger partial charge >= 0.3 is 5.97 Å². The van der Waals surface area contributed by atoms with Crippen LogP contribution in [-0.2, 0) is 20.4 Å². The van der Waals surface area contributed by atoms with Crippen molar-refractivity contribution in [3.63, 3.8) is 0 Å². The second-order valence-electron chi connectivity index (χ2n) is 2.99. The zero-order valence-corrected chi connectivity index (χ0v) is 9.88. The number of carboxylic acid groups (broad SMARTS) is 1. The third kappa shape index (κ3) is 2.94. The summed E-state index contributed by atoms with van der Waals surface area (Å²) in [6.45, 7) is 0.0875. The average Bonchev–Trinajstić information content (AvgIpc) is 2.16. The SMILES string of the molecule is COCc1ccc(S(=O)(=O)Cl)cc1C(=O)O. The van der Waals surface area contributed by atoms with E-state index in [1.165, 1.54) is 19.2 Å². The van der Waals surface area contributed by atoms with Crippen LogP contribution < -0.4 is 0 Å². The number of halogens is 1. The molecule has 0 saturated heterocycles. The van der Waals surface area contributed by atoms with E-state index >= 15 is 0 Å². The van der Waals surface area contributed by atoms with Gasteiger partial charge in [0.2, 0.25) is 0 Å². The van der Waals surface area contributed by atoms with Crippen molar-refractivity contribution in [1.29, 1.82) is 0 Å². The Balaban J connectivity index is 3.34. The molecule has 16 heavy (non-hydrogen) atoms. The first-order chi connectivity index (χ1) is 7.36. The maximum Gasteiger partial charge on any atom is 0.336 e. The van der Waals surface area contributed by atoms with Crippen LogP contribution in [0.1, 0.15) is 15.9 Å². The third-order valence-corrected chi connectivity index (χ3v) is 3.24. The predicted octanol–water partition coefficient (Wildman–Crippen LogP) is 1.46. The zero-order valence-electron chi connectivity index (χ0n) is 8.31. The number of benzene rings is 1. The molecule has 0 atom stereocenters. The van der Waals surface area contributed by atoms with E-state index in [2.05, 4.69) is 0 Å². The van der Waals surface area contributed by atoms with Crippen LogP contribution in [0.25, 0.3) is 0 Å². The van der Waals surface area contributed by atoms with Gasteiger partial charge < -0.3 is 9.84 Å². The highest BCUT2D eigenvalue weighted by atomic mass is 35.7. The largest absolute Gasteiger partial charge is 0.478 e. The molecule has 0 radical (unpaired) electrons. The van der Waals surface area contributed by atoms with Gasteiger partial charge in [-0.3, -0.25) is 0 Å². The summed E-state index contributed by atoms with van der Waals surface area (Å²) >= 11 is 0. The minimum absolute atomic E-state index is 0.0875. The molecule has 0 aliphatic heterocycles. The number of ether oxygens (including phenoxy) is 1. The predicted molar refractivity (Wildman–Crippen MR) is 57.2 cm³/mol. The lowest BCUT2D eigenvalue weighted by Gasteiger charge is -2.06. The van der Waals surface area contributed by atoms with Crippen LogP contribution in [0, 0.1) is 0 Å². The van der Waals surface area contributed by atoms with Gasteiger partial charge in [-0.15, -0.1) is 0 Å². The first-order valence-electron chi connectivity index (χ1n) is 4.16. The average molecular weight is 265 g/mol. The molecule has 1 aromatic rings. The fourth-order valence-electron chi connectivity index (χ4n) is 1.19. The van der Waals surface area contributed by atoms with Crippen LogP contribution >= 0.6 is 10.7 Å². The van der Waals surface area contributed by atoms with E-state index in [9.17, 15) is 13.2 Å². The summed E-state index contributed by atoms with van der Waals surface area (Å²) in [6.07, 6.45) is 0. The summed E-state index contributed by atoms with van der Waals surface area (Å²) in [4.78, 5) is 10.6. The zero-order chi connectivity index (χ0) is 12.3. The van der Waals surface area contributed by atoms with Crippen molar-refractivity contribution in [2.24, 2.45) is 0 Å². The molecule has 0 bridgehead atoms. The third-order valence-electron chi connectivity index (χ3n) is 1.89. The lowest BCUT2D eigenvalue weighted by Crippen LogP contribution is -2.05. The highest BCUT2D eigenvalue weighted by molar-refractivity contribution is 8.13. The molecular formula is C9H9ClO5S. The van der Waals surface area contributed by atoms with Gasteiger partial charge in [-0.25, -0.2) is 13.2 Å². The van der Waals surface area contributed by atoms with Gasteiger partial charge in [-0.05, 0) is 17.7 Å². The van der Waals surface area contributed by atoms with Gasteiger partial charge in [-0.2, -0.15) is 0 Å². The quantitative estimate of drug-likeness (QED) is 0.833. The Kier molecular flexibility index (Phi) is 3.90. The van der Waals surface area contributed by atoms with E-state index in [-0.39, 0.29) is 17.1 Å². The molecule has 0 aliphatic rings. The second kappa shape index (κ2) is 4.82. The highest BCUT2D eigenvalue weighted by Crippen LogP contribution is 2.20. The molecule has 1 rings (SSSR count). The van der Waals surface area contributed by atoms with Crippen molar-refractivity contribution < 1.29 is 23.1 Å². The Hall–Kier alpha value is -1.11. The van der Waals surface area contributed by atoms with Crippen LogP contribution in [-0.4, -0.2) is 26.6 Å². The van der Waals surface area contributed by atoms with E-state index in [4.69, 9.17) is 20.5 Å². The molecule has 88 valence electrons. The van der Waals surface area contributed by atoms with Gasteiger partial charge in [0.1, 0.15) is 0 Å². The fourth-order valence-corrected chi connectivity index (χ4v) is 1.96. The molecule has 0 amide bonds. The molecule has 0 heterocycles. The van der Waals surface area contributed by atoms with Crippen LogP contribution in [0.3, 0.4) is 0 Å². The molecule has 0 spiro atoms. The van der Waals surface area contributed by atoms with Crippen molar-refractivity contribution in [3.8, 4) is 0 Å². The van der Waals surface area contributed by atoms with Crippen molar-refractivity contribution >= 4 is 25.7 Å². The molecule has 0 aromatic heterocycles. The van der Waals surface area contributed by atoms with Crippen molar-refractivity contribution in [1.82, 2.24) is 0 Å². The van der Waals surface area contributed by atoms with E-state index in [0.717, 1.165) is 6.07 Å². The van der Waals surface area contributed by atoms with Gasteiger partial charge in [0, 0.05) is 17.8 Å². The van der Waals surface area contributed by atoms with Crippen LogP contribution in [0.5, 0.6) is 0 Å².